The van der Waals surface area contributed by atoms with Crippen LogP contribution in [0.1, 0.15) is 182 Å². The first-order valence-electron chi connectivity index (χ1n) is 46.7. The Morgan fingerprint density at radius 2 is 0.938 bits per heavy atom. The standard InChI is InChI=1S/C52H87N5O13.C44H73N5O10/c1-15-40-52(10,63)45(59)34(6)57(13)29-30(2)26-50(8,62)47(32(4)43(33(5)48(61)68-40)69-42-27-51(9,64-14)46(60)35(7)67-42)70-49-44(39(56(11)12)25-31(3)66-49)65-24-18-22-54-41(58)28-55-38-21-23-53-37-20-17-16-19-36(37)38;1-12-35-44(8,55)39(52)30(6)49(11)25-26(2)23-43(7,54)40(28(4)37(51)29(5)41(53)58-35)59-42-38(34(48(9)10)22-27(3)57-42)56-21-15-19-46-36(50)24-47-33-18-20-45-32-17-14-13-16-31(32)33/h16-17,19-21,23,30-35,39-40,42-47,49,59-60,62-63H,15,18,22,24-29H2,1-14H3,(H,53,55)(H,54,58);13-14,16-18,20,26-30,34-35,37-40,42,51-52,54-55H,12,15,19,21-25H2,1-11H3,(H,45,47)(H,46,50)/t30-,31-,32+,33-,34-,35+,39+,40-,42+,43+,44-,45-,46+,47-,49+,50-,51-,52-;26-,27-,28+,29-,30-,34+,35-,37+,38-,39-,40-,42+,43-,44-/m11/s1. The topological polar surface area (TPSA) is 419 Å². The van der Waals surface area contributed by atoms with E-state index in [0.29, 0.717) is 51.9 Å². The van der Waals surface area contributed by atoms with Gasteiger partial charge in [0.05, 0.1) is 95.5 Å². The fourth-order valence-electron chi connectivity index (χ4n) is 19.8. The second kappa shape index (κ2) is 47.9. The van der Waals surface area contributed by atoms with Crippen molar-refractivity contribution in [3.63, 3.8) is 0 Å². The van der Waals surface area contributed by atoms with E-state index in [4.69, 9.17) is 52.1 Å². The molecule has 0 aliphatic carbocycles. The van der Waals surface area contributed by atoms with E-state index in [1.807, 2.05) is 154 Å². The molecule has 0 spiro atoms. The average molecular weight is 1820 g/mol. The molecule has 33 heteroatoms. The number of aromatic nitrogens is 2. The summed E-state index contributed by atoms with van der Waals surface area (Å²) in [6, 6.07) is 17.8. The lowest BCUT2D eigenvalue weighted by atomic mass is 9.77. The molecule has 2 amide bonds. The van der Waals surface area contributed by atoms with Gasteiger partial charge in [-0.15, -0.1) is 0 Å². The monoisotopic (exact) mass is 1820 g/mol. The van der Waals surface area contributed by atoms with E-state index < -0.39 is 168 Å². The maximum absolute atomic E-state index is 14.5. The number of nitrogens with one attached hydrogen (secondary N) is 4. The Bertz CT molecular complexity index is 4120. The van der Waals surface area contributed by atoms with Gasteiger partial charge < -0.3 is 134 Å². The number of rotatable bonds is 27. The van der Waals surface area contributed by atoms with Crippen molar-refractivity contribution in [2.45, 2.75) is 339 Å². The summed E-state index contributed by atoms with van der Waals surface area (Å²) in [5.41, 5.74) is -4.46. The second-order valence-electron chi connectivity index (χ2n) is 39.3. The number of aliphatic hydroxyl groups excluding tert-OH is 4. The van der Waals surface area contributed by atoms with E-state index in [1.54, 1.807) is 81.6 Å². The van der Waals surface area contributed by atoms with Gasteiger partial charge in [-0.2, -0.15) is 0 Å². The van der Waals surface area contributed by atoms with E-state index in [2.05, 4.69) is 41.0 Å². The molecule has 0 bridgehead atoms. The number of ether oxygens (including phenoxy) is 11. The number of hydrogen-bond donors (Lipinski definition) is 12. The maximum atomic E-state index is 14.5. The summed E-state index contributed by atoms with van der Waals surface area (Å²) in [4.78, 5) is 70.7. The van der Waals surface area contributed by atoms with Gasteiger partial charge in [0.25, 0.3) is 0 Å². The van der Waals surface area contributed by atoms with Crippen LogP contribution in [0, 0.1) is 35.5 Å². The summed E-state index contributed by atoms with van der Waals surface area (Å²) >= 11 is 0. The number of hydrogen-bond acceptors (Lipinski definition) is 31. The molecule has 32 atom stereocenters. The molecule has 5 saturated heterocycles. The summed E-state index contributed by atoms with van der Waals surface area (Å²) in [5.74, 6) is -5.75. The summed E-state index contributed by atoms with van der Waals surface area (Å²) in [6.45, 7) is 34.1. The van der Waals surface area contributed by atoms with Crippen LogP contribution < -0.4 is 21.3 Å². The Hall–Kier alpha value is -6.10. The van der Waals surface area contributed by atoms with Crippen LogP contribution in [0.25, 0.3) is 21.8 Å². The largest absolute Gasteiger partial charge is 0.459 e. The number of benzene rings is 2. The third-order valence-corrected chi connectivity index (χ3v) is 27.7. The van der Waals surface area contributed by atoms with Crippen molar-refractivity contribution in [3.05, 3.63) is 73.1 Å². The number of esters is 2. The first kappa shape index (κ1) is 108. The van der Waals surface area contributed by atoms with Gasteiger partial charge in [0.15, 0.2) is 18.9 Å². The Kier molecular flexibility index (Phi) is 40.2. The molecule has 2 aromatic carbocycles. The average Bonchev–Trinajstić information content (AvgIpc) is 1.77. The van der Waals surface area contributed by atoms with Crippen molar-refractivity contribution in [1.29, 1.82) is 0 Å². The Morgan fingerprint density at radius 1 is 0.535 bits per heavy atom. The molecule has 0 unspecified atom stereocenters. The highest BCUT2D eigenvalue weighted by molar-refractivity contribution is 5.93. The van der Waals surface area contributed by atoms with Gasteiger partial charge in [-0.25, -0.2) is 0 Å². The zero-order valence-corrected chi connectivity index (χ0v) is 81.4. The van der Waals surface area contributed by atoms with Crippen LogP contribution in [-0.2, 0) is 71.3 Å². The lowest BCUT2D eigenvalue weighted by Crippen LogP contribution is -2.61. The van der Waals surface area contributed by atoms with E-state index >= 15 is 0 Å². The number of anilines is 2. The number of methoxy groups -OCH3 is 1. The molecule has 0 saturated carbocycles. The van der Waals surface area contributed by atoms with E-state index in [-0.39, 0.29) is 106 Å². The van der Waals surface area contributed by atoms with Gasteiger partial charge in [0.2, 0.25) is 11.8 Å². The highest BCUT2D eigenvalue weighted by atomic mass is 16.7. The van der Waals surface area contributed by atoms with Crippen molar-refractivity contribution >= 4 is 56.9 Å². The second-order valence-corrected chi connectivity index (χ2v) is 39.3. The fourth-order valence-corrected chi connectivity index (χ4v) is 19.8. The third-order valence-electron chi connectivity index (χ3n) is 27.7. The molecule has 12 N–H and O–H groups in total. The highest BCUT2D eigenvalue weighted by Crippen LogP contribution is 2.43. The summed E-state index contributed by atoms with van der Waals surface area (Å²) in [5, 5.41) is 109. The number of likely N-dealkylation sites (N-methyl/N-ethyl adjacent to an activating group) is 4. The first-order chi connectivity index (χ1) is 60.5. The van der Waals surface area contributed by atoms with Crippen molar-refractivity contribution in [1.82, 2.24) is 40.2 Å². The fraction of sp³-hybridized carbons (Fsp3) is 0.771. The van der Waals surface area contributed by atoms with Gasteiger partial charge in [0, 0.05) is 123 Å². The highest BCUT2D eigenvalue weighted by Gasteiger charge is 2.56. The molecule has 5 fully saturated rings. The van der Waals surface area contributed by atoms with E-state index in [0.717, 1.165) is 33.2 Å². The minimum Gasteiger partial charge on any atom is -0.459 e. The Labute approximate surface area is 765 Å². The molecule has 9 rings (SSSR count). The zero-order valence-electron chi connectivity index (χ0n) is 81.4. The van der Waals surface area contributed by atoms with E-state index in [1.165, 1.54) is 21.0 Å². The summed E-state index contributed by atoms with van der Waals surface area (Å²) < 4.78 is 71.2. The van der Waals surface area contributed by atoms with Gasteiger partial charge in [-0.1, -0.05) is 77.9 Å². The molecule has 0 radical (unpaired) electrons. The number of aliphatic hydroxyl groups is 8. The van der Waals surface area contributed by atoms with Crippen LogP contribution in [-0.4, -0.2) is 353 Å². The first-order valence-corrected chi connectivity index (χ1v) is 46.7. The van der Waals surface area contributed by atoms with Crippen molar-refractivity contribution in [2.24, 2.45) is 35.5 Å². The molecular formula is C96H160N10O23. The third kappa shape index (κ3) is 28.1. The molecular weight excluding hydrogens is 1660 g/mol. The SMILES string of the molecule is CC[C@H]1OC(=O)[C@H](C)[C@@H](O)[C@H](C)[C@@H](O[C@@H]2O[C@H](C)C[C@H](N(C)C)[C@H]2OCCCNC(=O)CNc2ccnc3ccccc23)[C@](C)(O)C[C@@H](C)CN(C)[C@H](C)[C@@H](O)[C@]1(C)O.CC[C@H]1OC(=O)[C@H](C)[C@@H](O[C@H]2C[C@@](C)(OC)[C@@H](O)[C@H](C)O2)[C@H](C)[C@@H](O[C@@H]2O[C@H](C)C[C@H](N(C)C)[C@H]2OCCCNC(=O)CNc2ccnc3ccccc23)[C@](C)(O)C[C@@H](C)CN(C)[C@H](C)[C@@H](O)[C@]1(C)O. The number of carbonyl (C=O) groups is 4. The van der Waals surface area contributed by atoms with Gasteiger partial charge >= 0.3 is 11.9 Å². The number of cyclic esters (lactones) is 2. The zero-order chi connectivity index (χ0) is 95.7. The van der Waals surface area contributed by atoms with E-state index in [9.17, 15) is 60.0 Å². The Morgan fingerprint density at radius 3 is 1.34 bits per heavy atom. The number of pyridine rings is 2. The minimum absolute atomic E-state index is 0.0812. The number of amides is 2. The summed E-state index contributed by atoms with van der Waals surface area (Å²) in [7, 11) is 13.1. The molecule has 33 nitrogen and oxygen atoms in total. The van der Waals surface area contributed by atoms with Crippen LogP contribution in [0.5, 0.6) is 0 Å². The molecule has 5 aliphatic rings. The molecule has 4 aromatic rings. The van der Waals surface area contributed by atoms with Crippen molar-refractivity contribution in [2.75, 3.05) is 113 Å². The van der Waals surface area contributed by atoms with Gasteiger partial charge in [-0.05, 0) is 213 Å². The number of carbonyl (C=O) groups excluding carboxylic acids is 4. The van der Waals surface area contributed by atoms with Gasteiger partial charge in [-0.3, -0.25) is 29.1 Å². The maximum Gasteiger partial charge on any atom is 0.311 e. The minimum atomic E-state index is -1.83. The van der Waals surface area contributed by atoms with Crippen molar-refractivity contribution in [3.8, 4) is 0 Å². The summed E-state index contributed by atoms with van der Waals surface area (Å²) in [6.07, 6.45) is -8.76. The lowest BCUT2D eigenvalue weighted by molar-refractivity contribution is -0.321. The van der Waals surface area contributed by atoms with Gasteiger partial charge in [0.1, 0.15) is 53.9 Å². The lowest BCUT2D eigenvalue weighted by Gasteiger charge is -2.49. The van der Waals surface area contributed by atoms with Crippen LogP contribution in [0.4, 0.5) is 11.4 Å². The number of fused-ring (bicyclic) bond motifs is 2. The van der Waals surface area contributed by atoms with Crippen LogP contribution in [0.3, 0.4) is 0 Å². The molecule has 129 heavy (non-hydrogen) atoms. The quantitative estimate of drug-likeness (QED) is 0.0206. The smallest absolute Gasteiger partial charge is 0.311 e. The Balaban J connectivity index is 0.000000323. The number of para-hydroxylation sites is 2. The number of nitrogens with zero attached hydrogens (tertiary/aromatic N) is 6. The normalized spacial score (nSPS) is 38.5. The van der Waals surface area contributed by atoms with Crippen molar-refractivity contribution < 1.29 is 112 Å². The predicted octanol–water partition coefficient (Wildman–Crippen LogP) is 7.26. The molecule has 2 aromatic heterocycles. The van der Waals surface area contributed by atoms with Crippen LogP contribution >= 0.6 is 0 Å². The molecule has 7 heterocycles. The molecule has 732 valence electrons. The predicted molar refractivity (Wildman–Crippen MR) is 492 cm³/mol. The molecule has 5 aliphatic heterocycles. The van der Waals surface area contributed by atoms with Crippen LogP contribution in [0.15, 0.2) is 73.1 Å². The van der Waals surface area contributed by atoms with Crippen LogP contribution in [0.2, 0.25) is 0 Å².